The van der Waals surface area contributed by atoms with Crippen LogP contribution in [-0.2, 0) is 0 Å². The van der Waals surface area contributed by atoms with Crippen LogP contribution in [0.1, 0.15) is 33.9 Å². The number of halogens is 2. The molecule has 0 saturated heterocycles. The summed E-state index contributed by atoms with van der Waals surface area (Å²) < 4.78 is 27.5. The lowest BCUT2D eigenvalue weighted by molar-refractivity contribution is 0.547. The minimum atomic E-state index is -0.522. The molecular formula is C17H19F2N. The first kappa shape index (κ1) is 14.7. The van der Waals surface area contributed by atoms with Crippen LogP contribution in [0.5, 0.6) is 0 Å². The molecule has 0 radical (unpaired) electrons. The van der Waals surface area contributed by atoms with Gasteiger partial charge in [-0.1, -0.05) is 29.3 Å². The molecule has 1 atom stereocenters. The molecule has 0 aliphatic rings. The van der Waals surface area contributed by atoms with E-state index in [4.69, 9.17) is 0 Å². The molecule has 2 rings (SSSR count). The number of benzene rings is 2. The largest absolute Gasteiger partial charge is 0.309 e. The van der Waals surface area contributed by atoms with Crippen molar-refractivity contribution in [1.82, 2.24) is 5.32 Å². The highest BCUT2D eigenvalue weighted by molar-refractivity contribution is 5.39. The SMILES string of the molecule is CNC(c1cc(C)cc(C)c1)c1cc(C)c(F)cc1F. The maximum absolute atomic E-state index is 14.1. The first-order chi connectivity index (χ1) is 9.42. The van der Waals surface area contributed by atoms with Crippen molar-refractivity contribution in [3.63, 3.8) is 0 Å². The maximum atomic E-state index is 14.1. The normalized spacial score (nSPS) is 12.5. The van der Waals surface area contributed by atoms with Gasteiger partial charge in [-0.2, -0.15) is 0 Å². The molecule has 3 heteroatoms. The summed E-state index contributed by atoms with van der Waals surface area (Å²) in [6, 6.07) is 8.36. The second-order valence-electron chi connectivity index (χ2n) is 5.27. The molecule has 106 valence electrons. The van der Waals surface area contributed by atoms with E-state index in [0.717, 1.165) is 22.8 Å². The molecule has 1 nitrogen and oxygen atoms in total. The van der Waals surface area contributed by atoms with Gasteiger partial charge in [-0.05, 0) is 45.0 Å². The summed E-state index contributed by atoms with van der Waals surface area (Å²) in [5.74, 6) is -1.03. The number of aryl methyl sites for hydroxylation is 3. The summed E-state index contributed by atoms with van der Waals surface area (Å²) in [5.41, 5.74) is 4.15. The fraction of sp³-hybridized carbons (Fsp3) is 0.294. The smallest absolute Gasteiger partial charge is 0.131 e. The summed E-state index contributed by atoms with van der Waals surface area (Å²) >= 11 is 0. The summed E-state index contributed by atoms with van der Waals surface area (Å²) in [4.78, 5) is 0. The summed E-state index contributed by atoms with van der Waals surface area (Å²) in [6.45, 7) is 5.66. The van der Waals surface area contributed by atoms with Gasteiger partial charge in [0.2, 0.25) is 0 Å². The van der Waals surface area contributed by atoms with Crippen LogP contribution in [0.15, 0.2) is 30.3 Å². The van der Waals surface area contributed by atoms with E-state index in [1.165, 1.54) is 0 Å². The van der Waals surface area contributed by atoms with Crippen molar-refractivity contribution in [2.45, 2.75) is 26.8 Å². The Kier molecular flexibility index (Phi) is 4.19. The van der Waals surface area contributed by atoms with Gasteiger partial charge in [0.1, 0.15) is 11.6 Å². The van der Waals surface area contributed by atoms with Crippen molar-refractivity contribution >= 4 is 0 Å². The lowest BCUT2D eigenvalue weighted by Gasteiger charge is -2.20. The summed E-state index contributed by atoms with van der Waals surface area (Å²) in [5, 5.41) is 3.11. The fourth-order valence-corrected chi connectivity index (χ4v) is 2.58. The Bertz CT molecular complexity index is 615. The van der Waals surface area contributed by atoms with E-state index in [-0.39, 0.29) is 6.04 Å². The predicted molar refractivity (Wildman–Crippen MR) is 77.9 cm³/mol. The van der Waals surface area contributed by atoms with Crippen LogP contribution in [0.3, 0.4) is 0 Å². The molecule has 0 aliphatic carbocycles. The Balaban J connectivity index is 2.55. The molecule has 0 fully saturated rings. The Labute approximate surface area is 118 Å². The Morgan fingerprint density at radius 3 is 2.00 bits per heavy atom. The highest BCUT2D eigenvalue weighted by atomic mass is 19.1. The van der Waals surface area contributed by atoms with Gasteiger partial charge < -0.3 is 5.32 Å². The molecule has 0 amide bonds. The van der Waals surface area contributed by atoms with E-state index in [0.29, 0.717) is 11.1 Å². The molecule has 2 aromatic rings. The van der Waals surface area contributed by atoms with Gasteiger partial charge >= 0.3 is 0 Å². The number of nitrogens with one attached hydrogen (secondary N) is 1. The van der Waals surface area contributed by atoms with Gasteiger partial charge in [0.05, 0.1) is 6.04 Å². The third kappa shape index (κ3) is 2.88. The van der Waals surface area contributed by atoms with Crippen molar-refractivity contribution in [1.29, 1.82) is 0 Å². The third-order valence-corrected chi connectivity index (χ3v) is 3.45. The molecular weight excluding hydrogens is 256 g/mol. The van der Waals surface area contributed by atoms with Gasteiger partial charge in [-0.25, -0.2) is 8.78 Å². The van der Waals surface area contributed by atoms with Crippen LogP contribution in [0.2, 0.25) is 0 Å². The van der Waals surface area contributed by atoms with E-state index >= 15 is 0 Å². The monoisotopic (exact) mass is 275 g/mol. The van der Waals surface area contributed by atoms with Crippen molar-refractivity contribution in [3.05, 3.63) is 69.8 Å². The maximum Gasteiger partial charge on any atom is 0.131 e. The van der Waals surface area contributed by atoms with E-state index < -0.39 is 11.6 Å². The second kappa shape index (κ2) is 5.71. The standard InChI is InChI=1S/C17H19F2N/c1-10-5-11(2)7-13(6-10)17(20-4)14-8-12(3)15(18)9-16(14)19/h5-9,17,20H,1-4H3. The lowest BCUT2D eigenvalue weighted by Crippen LogP contribution is -2.19. The molecule has 0 aliphatic heterocycles. The second-order valence-corrected chi connectivity index (χ2v) is 5.27. The van der Waals surface area contributed by atoms with Crippen LogP contribution >= 0.6 is 0 Å². The quantitative estimate of drug-likeness (QED) is 0.885. The van der Waals surface area contributed by atoms with E-state index in [1.54, 1.807) is 20.0 Å². The van der Waals surface area contributed by atoms with E-state index in [9.17, 15) is 8.78 Å². The lowest BCUT2D eigenvalue weighted by atomic mass is 9.94. The van der Waals surface area contributed by atoms with Crippen LogP contribution in [-0.4, -0.2) is 7.05 Å². The van der Waals surface area contributed by atoms with Crippen LogP contribution in [0.25, 0.3) is 0 Å². The van der Waals surface area contributed by atoms with Crippen molar-refractivity contribution in [2.75, 3.05) is 7.05 Å². The number of rotatable bonds is 3. The van der Waals surface area contributed by atoms with Crippen LogP contribution in [0, 0.1) is 32.4 Å². The molecule has 20 heavy (non-hydrogen) atoms. The summed E-state index contributed by atoms with van der Waals surface area (Å²) in [7, 11) is 1.78. The van der Waals surface area contributed by atoms with E-state index in [2.05, 4.69) is 11.4 Å². The first-order valence-electron chi connectivity index (χ1n) is 6.63. The molecule has 0 spiro atoms. The molecule has 0 heterocycles. The predicted octanol–water partition coefficient (Wildman–Crippen LogP) is 4.20. The molecule has 2 aromatic carbocycles. The van der Waals surface area contributed by atoms with Gasteiger partial charge in [0.25, 0.3) is 0 Å². The summed E-state index contributed by atoms with van der Waals surface area (Å²) in [6.07, 6.45) is 0. The van der Waals surface area contributed by atoms with Gasteiger partial charge in [0, 0.05) is 11.6 Å². The van der Waals surface area contributed by atoms with E-state index in [1.807, 2.05) is 26.0 Å². The Hall–Kier alpha value is -1.74. The Morgan fingerprint density at radius 1 is 0.850 bits per heavy atom. The highest BCUT2D eigenvalue weighted by Crippen LogP contribution is 2.27. The van der Waals surface area contributed by atoms with Crippen LogP contribution < -0.4 is 5.32 Å². The van der Waals surface area contributed by atoms with Gasteiger partial charge in [-0.3, -0.25) is 0 Å². The van der Waals surface area contributed by atoms with Crippen molar-refractivity contribution in [3.8, 4) is 0 Å². The van der Waals surface area contributed by atoms with Gasteiger partial charge in [-0.15, -0.1) is 0 Å². The van der Waals surface area contributed by atoms with Gasteiger partial charge in [0.15, 0.2) is 0 Å². The third-order valence-electron chi connectivity index (χ3n) is 3.45. The number of hydrogen-bond acceptors (Lipinski definition) is 1. The molecule has 0 bridgehead atoms. The minimum absolute atomic E-state index is 0.284. The zero-order valence-electron chi connectivity index (χ0n) is 12.2. The van der Waals surface area contributed by atoms with Crippen LogP contribution in [0.4, 0.5) is 8.78 Å². The minimum Gasteiger partial charge on any atom is -0.309 e. The average Bonchev–Trinajstić information content (AvgIpc) is 2.35. The highest BCUT2D eigenvalue weighted by Gasteiger charge is 2.18. The molecule has 0 saturated carbocycles. The molecule has 1 N–H and O–H groups in total. The van der Waals surface area contributed by atoms with Crippen molar-refractivity contribution < 1.29 is 8.78 Å². The number of hydrogen-bond donors (Lipinski definition) is 1. The molecule has 0 aromatic heterocycles. The zero-order chi connectivity index (χ0) is 14.9. The Morgan fingerprint density at radius 2 is 1.45 bits per heavy atom. The van der Waals surface area contributed by atoms with Crippen molar-refractivity contribution in [2.24, 2.45) is 0 Å². The fourth-order valence-electron chi connectivity index (χ4n) is 2.58. The topological polar surface area (TPSA) is 12.0 Å². The zero-order valence-corrected chi connectivity index (χ0v) is 12.2. The average molecular weight is 275 g/mol. The first-order valence-corrected chi connectivity index (χ1v) is 6.63. The molecule has 1 unspecified atom stereocenters.